The third-order valence-electron chi connectivity index (χ3n) is 13.6. The van der Waals surface area contributed by atoms with Crippen LogP contribution in [0.1, 0.15) is 294 Å². The van der Waals surface area contributed by atoms with Crippen LogP contribution in [0, 0.1) is 0 Å². The van der Waals surface area contributed by atoms with Gasteiger partial charge in [0, 0.05) is 22.8 Å². The number of nitrogens with zero attached hydrogens (tertiary/aromatic N) is 2. The molecular formula is C62H106N2Pd. The summed E-state index contributed by atoms with van der Waals surface area (Å²) in [4.78, 5) is 3.09. The van der Waals surface area contributed by atoms with E-state index in [9.17, 15) is 5.53 Å². The van der Waals surface area contributed by atoms with Crippen LogP contribution in [-0.4, -0.2) is 4.70 Å². The Bertz CT molecular complexity index is 1450. The Labute approximate surface area is 414 Å². The maximum atomic E-state index is 11.6. The van der Waals surface area contributed by atoms with Gasteiger partial charge in [0.25, 0.3) is 0 Å². The molecule has 0 radical (unpaired) electrons. The van der Waals surface area contributed by atoms with Crippen LogP contribution >= 0.6 is 0 Å². The standard InChI is InChI=1S/C36H52N2.2C13H27.Pd/c1-4-7-10-13-14-17-24-34-29-35(32-25-18-22-30(27-32)20-15-11-8-5-2)38(37)36(34)33-26-19-23-31(28-33)21-16-12-9-6-3;2*1-3-5-7-9-11-13-12-10-8-6-4-2;/h18-19,22-23,25-29H,4-17,20-21,24H2,1-3H3;2*1,3-13H2,2H3;. The molecule has 0 amide bonds. The van der Waals surface area contributed by atoms with Crippen molar-refractivity contribution in [3.05, 3.63) is 88.0 Å². The predicted octanol–water partition coefficient (Wildman–Crippen LogP) is 22.0. The van der Waals surface area contributed by atoms with Gasteiger partial charge in [0.2, 0.25) is 11.4 Å². The quantitative estimate of drug-likeness (QED) is 0.0359. The Morgan fingerprint density at radius 3 is 1.11 bits per heavy atom. The zero-order valence-electron chi connectivity index (χ0n) is 43.9. The zero-order chi connectivity index (χ0) is 46.7. The molecule has 0 saturated heterocycles. The molecule has 3 heteroatoms. The first-order chi connectivity index (χ1) is 32.1. The van der Waals surface area contributed by atoms with Crippen LogP contribution in [-0.2, 0) is 30.8 Å². The fraction of sp³-hybridized carbons (Fsp3) is 0.742. The molecule has 0 N–H and O–H groups in total. The molecule has 2 aromatic rings. The average Bonchev–Trinajstić information content (AvgIpc) is 3.66. The molecule has 0 bridgehead atoms. The van der Waals surface area contributed by atoms with E-state index in [0.29, 0.717) is 0 Å². The molecule has 3 rings (SSSR count). The SMILES string of the molecule is CCCCCCCCC1=C(c2cccc(CCCCCC)c2)[N+](=[N-])C(c2cccc(CCCCCC)c2)=C1.CCCCCCCCCCCC[CH2][Pd][CH2]CCCCCCCCCCCC. The summed E-state index contributed by atoms with van der Waals surface area (Å²) in [5, 5.41) is 0. The van der Waals surface area contributed by atoms with Crippen molar-refractivity contribution in [2.75, 3.05) is 0 Å². The van der Waals surface area contributed by atoms with Gasteiger partial charge in [0.05, 0.1) is 0 Å². The summed E-state index contributed by atoms with van der Waals surface area (Å²) >= 11 is 1.06. The van der Waals surface area contributed by atoms with Gasteiger partial charge in [-0.25, -0.2) is 4.70 Å². The molecule has 0 aliphatic carbocycles. The van der Waals surface area contributed by atoms with Gasteiger partial charge in [-0.05, 0) is 73.9 Å². The van der Waals surface area contributed by atoms with Crippen molar-refractivity contribution in [2.45, 2.75) is 295 Å². The van der Waals surface area contributed by atoms with Gasteiger partial charge in [0.15, 0.2) is 0 Å². The van der Waals surface area contributed by atoms with Crippen LogP contribution in [0.4, 0.5) is 0 Å². The smallest absolute Gasteiger partial charge is 0.0654 e. The van der Waals surface area contributed by atoms with Gasteiger partial charge in [-0.15, -0.1) is 0 Å². The third kappa shape index (κ3) is 30.3. The van der Waals surface area contributed by atoms with Gasteiger partial charge in [-0.1, -0.05) is 130 Å². The van der Waals surface area contributed by atoms with Gasteiger partial charge < -0.3 is 5.53 Å². The number of rotatable bonds is 43. The van der Waals surface area contributed by atoms with Crippen molar-refractivity contribution in [3.63, 3.8) is 0 Å². The summed E-state index contributed by atoms with van der Waals surface area (Å²) in [6, 6.07) is 17.7. The first kappa shape index (κ1) is 59.3. The second-order valence-electron chi connectivity index (χ2n) is 19.8. The van der Waals surface area contributed by atoms with E-state index in [1.54, 1.807) is 9.79 Å². The molecule has 0 fully saturated rings. The number of hydrogen-bond acceptors (Lipinski definition) is 0. The van der Waals surface area contributed by atoms with Crippen molar-refractivity contribution in [3.8, 4) is 0 Å². The summed E-state index contributed by atoms with van der Waals surface area (Å²) in [6.07, 6.45) is 55.9. The van der Waals surface area contributed by atoms with E-state index >= 15 is 0 Å². The Balaban J connectivity index is 0.000000476. The third-order valence-corrected chi connectivity index (χ3v) is 15.8. The van der Waals surface area contributed by atoms with Crippen molar-refractivity contribution in [1.29, 1.82) is 0 Å². The van der Waals surface area contributed by atoms with E-state index < -0.39 is 0 Å². The van der Waals surface area contributed by atoms with E-state index in [1.807, 2.05) is 0 Å². The first-order valence-corrected chi connectivity index (χ1v) is 30.9. The van der Waals surface area contributed by atoms with Gasteiger partial charge in [-0.2, -0.15) is 0 Å². The molecule has 1 heterocycles. The number of hydrogen-bond donors (Lipinski definition) is 0. The number of aryl methyl sites for hydroxylation is 2. The molecular weight excluding hydrogens is 879 g/mol. The molecule has 1 aliphatic heterocycles. The van der Waals surface area contributed by atoms with E-state index in [1.165, 1.54) is 253 Å². The van der Waals surface area contributed by atoms with Crippen LogP contribution in [0.2, 0.25) is 9.79 Å². The second-order valence-corrected chi connectivity index (χ2v) is 22.1. The average molecular weight is 986 g/mol. The van der Waals surface area contributed by atoms with Crippen LogP contribution in [0.5, 0.6) is 0 Å². The van der Waals surface area contributed by atoms with E-state index in [4.69, 9.17) is 0 Å². The van der Waals surface area contributed by atoms with Gasteiger partial charge in [-0.3, -0.25) is 0 Å². The van der Waals surface area contributed by atoms with Crippen LogP contribution in [0.15, 0.2) is 60.2 Å². The fourth-order valence-electron chi connectivity index (χ4n) is 9.35. The fourth-order valence-corrected chi connectivity index (χ4v) is 11.3. The summed E-state index contributed by atoms with van der Waals surface area (Å²) in [5.41, 5.74) is 19.8. The molecule has 0 unspecified atom stereocenters. The van der Waals surface area contributed by atoms with Gasteiger partial charge >= 0.3 is 169 Å². The minimum Gasteiger partial charge on any atom is -0.0654 e. The number of allylic oxidation sites excluding steroid dienone is 2. The molecule has 0 atom stereocenters. The van der Waals surface area contributed by atoms with Crippen molar-refractivity contribution >= 4 is 11.4 Å². The monoisotopic (exact) mass is 985 g/mol. The van der Waals surface area contributed by atoms with Crippen LogP contribution < -0.4 is 0 Å². The Morgan fingerprint density at radius 1 is 0.369 bits per heavy atom. The van der Waals surface area contributed by atoms with Gasteiger partial charge in [0.1, 0.15) is 0 Å². The summed E-state index contributed by atoms with van der Waals surface area (Å²) < 4.78 is 1.48. The second kappa shape index (κ2) is 43.5. The molecule has 0 spiro atoms. The minimum atomic E-state index is 0.921. The normalized spacial score (nSPS) is 12.6. The van der Waals surface area contributed by atoms with Crippen molar-refractivity contribution in [1.82, 2.24) is 0 Å². The Morgan fingerprint density at radius 2 is 0.692 bits per heavy atom. The minimum absolute atomic E-state index is 0.921. The van der Waals surface area contributed by atoms with Crippen molar-refractivity contribution in [2.24, 2.45) is 0 Å². The first-order valence-electron chi connectivity index (χ1n) is 28.7. The Hall–Kier alpha value is -1.82. The molecule has 0 aromatic heterocycles. The summed E-state index contributed by atoms with van der Waals surface area (Å²) in [5.74, 6) is 0. The zero-order valence-corrected chi connectivity index (χ0v) is 45.5. The maximum absolute atomic E-state index is 11.6. The molecule has 374 valence electrons. The van der Waals surface area contributed by atoms with Crippen LogP contribution in [0.3, 0.4) is 0 Å². The molecule has 2 nitrogen and oxygen atoms in total. The molecule has 0 saturated carbocycles. The topological polar surface area (TPSA) is 25.3 Å². The van der Waals surface area contributed by atoms with E-state index in [2.05, 4.69) is 89.2 Å². The van der Waals surface area contributed by atoms with Crippen LogP contribution in [0.25, 0.3) is 16.9 Å². The molecule has 65 heavy (non-hydrogen) atoms. The number of unbranched alkanes of at least 4 members (excludes halogenated alkanes) is 31. The van der Waals surface area contributed by atoms with E-state index in [-0.39, 0.29) is 0 Å². The number of benzene rings is 2. The molecule has 1 aliphatic rings. The molecule has 2 aromatic carbocycles. The summed E-state index contributed by atoms with van der Waals surface area (Å²) in [7, 11) is 0. The van der Waals surface area contributed by atoms with Crippen molar-refractivity contribution < 1.29 is 22.7 Å². The predicted molar refractivity (Wildman–Crippen MR) is 288 cm³/mol. The van der Waals surface area contributed by atoms with E-state index in [0.717, 1.165) is 59.8 Å². The Kier molecular flexibility index (Phi) is 39.7. The summed E-state index contributed by atoms with van der Waals surface area (Å²) in [6.45, 7) is 11.4.